The van der Waals surface area contributed by atoms with E-state index in [2.05, 4.69) is 0 Å². The van der Waals surface area contributed by atoms with Gasteiger partial charge in [-0.1, -0.05) is 12.8 Å². The molecule has 1 saturated carbocycles. The molecule has 1 aromatic carbocycles. The molecule has 0 amide bonds. The van der Waals surface area contributed by atoms with Crippen LogP contribution in [0.4, 0.5) is 0 Å². The van der Waals surface area contributed by atoms with E-state index in [9.17, 15) is 10.2 Å². The summed E-state index contributed by atoms with van der Waals surface area (Å²) in [6.45, 7) is 0. The lowest BCUT2D eigenvalue weighted by atomic mass is 9.73. The molecule has 1 fully saturated rings. The summed E-state index contributed by atoms with van der Waals surface area (Å²) in [6, 6.07) is 3.15. The van der Waals surface area contributed by atoms with E-state index < -0.39 is 0 Å². The summed E-state index contributed by atoms with van der Waals surface area (Å²) in [4.78, 5) is 0. The topological polar surface area (TPSA) is 66.5 Å². The van der Waals surface area contributed by atoms with Crippen molar-refractivity contribution in [3.8, 4) is 11.5 Å². The second-order valence-electron chi connectivity index (χ2n) is 5.18. The molecule has 3 nitrogen and oxygen atoms in total. The molecule has 0 heterocycles. The zero-order valence-corrected chi connectivity index (χ0v) is 9.24. The molecule has 0 unspecified atom stereocenters. The quantitative estimate of drug-likeness (QED) is 0.625. The van der Waals surface area contributed by atoms with Crippen LogP contribution >= 0.6 is 0 Å². The number of fused-ring (bicyclic) bond motifs is 3. The van der Waals surface area contributed by atoms with Crippen molar-refractivity contribution in [3.63, 3.8) is 0 Å². The maximum Gasteiger partial charge on any atom is 0.122 e. The van der Waals surface area contributed by atoms with Gasteiger partial charge in [-0.2, -0.15) is 0 Å². The van der Waals surface area contributed by atoms with E-state index in [0.29, 0.717) is 5.92 Å². The second kappa shape index (κ2) is 3.14. The summed E-state index contributed by atoms with van der Waals surface area (Å²) in [5.74, 6) is 0.755. The summed E-state index contributed by atoms with van der Waals surface area (Å²) in [6.07, 6.45) is 5.32. The van der Waals surface area contributed by atoms with Gasteiger partial charge in [-0.05, 0) is 42.4 Å². The summed E-state index contributed by atoms with van der Waals surface area (Å²) in [7, 11) is 0. The molecule has 2 aliphatic rings. The Morgan fingerprint density at radius 2 is 2.06 bits per heavy atom. The van der Waals surface area contributed by atoms with Gasteiger partial charge in [-0.3, -0.25) is 0 Å². The summed E-state index contributed by atoms with van der Waals surface area (Å²) >= 11 is 0. The van der Waals surface area contributed by atoms with Crippen LogP contribution in [-0.2, 0) is 12.0 Å². The lowest BCUT2D eigenvalue weighted by molar-refractivity contribution is 0.211. The molecule has 0 radical (unpaired) electrons. The van der Waals surface area contributed by atoms with E-state index >= 15 is 0 Å². The van der Waals surface area contributed by atoms with Crippen LogP contribution in [0.15, 0.2) is 12.1 Å². The van der Waals surface area contributed by atoms with Gasteiger partial charge in [0.25, 0.3) is 0 Å². The Labute approximate surface area is 94.9 Å². The number of benzene rings is 1. The Morgan fingerprint density at radius 1 is 1.25 bits per heavy atom. The lowest BCUT2D eigenvalue weighted by Crippen LogP contribution is -2.43. The van der Waals surface area contributed by atoms with E-state index in [1.165, 1.54) is 12.5 Å². The Balaban J connectivity index is 2.16. The average Bonchev–Trinajstić information content (AvgIpc) is 2.52. The van der Waals surface area contributed by atoms with Crippen molar-refractivity contribution in [2.75, 3.05) is 0 Å². The van der Waals surface area contributed by atoms with Gasteiger partial charge < -0.3 is 15.9 Å². The fraction of sp³-hybridized carbons (Fsp3) is 0.538. The number of nitrogens with two attached hydrogens (primary N) is 1. The molecular formula is C13H17NO2. The molecule has 0 bridgehead atoms. The van der Waals surface area contributed by atoms with Crippen LogP contribution < -0.4 is 5.73 Å². The SMILES string of the molecule is N[C@]12CCCC[C@H]1Cc1c(O)cc(O)cc12. The molecule has 0 spiro atoms. The molecular weight excluding hydrogens is 202 g/mol. The first-order chi connectivity index (χ1) is 7.61. The number of aromatic hydroxyl groups is 2. The van der Waals surface area contributed by atoms with Crippen LogP contribution in [0.3, 0.4) is 0 Å². The van der Waals surface area contributed by atoms with E-state index in [0.717, 1.165) is 36.8 Å². The van der Waals surface area contributed by atoms with Crippen molar-refractivity contribution in [3.05, 3.63) is 23.3 Å². The van der Waals surface area contributed by atoms with Gasteiger partial charge in [-0.15, -0.1) is 0 Å². The van der Waals surface area contributed by atoms with Crippen LogP contribution in [0.5, 0.6) is 11.5 Å². The predicted octanol–water partition coefficient (Wildman–Crippen LogP) is 2.00. The van der Waals surface area contributed by atoms with Gasteiger partial charge in [0.05, 0.1) is 0 Å². The van der Waals surface area contributed by atoms with E-state index in [1.54, 1.807) is 6.07 Å². The van der Waals surface area contributed by atoms with Gasteiger partial charge in [-0.25, -0.2) is 0 Å². The minimum atomic E-state index is -0.316. The van der Waals surface area contributed by atoms with Crippen LogP contribution in [-0.4, -0.2) is 10.2 Å². The largest absolute Gasteiger partial charge is 0.508 e. The zero-order chi connectivity index (χ0) is 11.3. The van der Waals surface area contributed by atoms with Crippen LogP contribution in [0.25, 0.3) is 0 Å². The van der Waals surface area contributed by atoms with Crippen molar-refractivity contribution < 1.29 is 10.2 Å². The van der Waals surface area contributed by atoms with Crippen LogP contribution in [0.1, 0.15) is 36.8 Å². The van der Waals surface area contributed by atoms with E-state index in [1.807, 2.05) is 0 Å². The number of phenolic OH excluding ortho intramolecular Hbond substituents is 2. The molecule has 2 atom stereocenters. The molecule has 0 saturated heterocycles. The Hall–Kier alpha value is -1.22. The molecule has 2 aliphatic carbocycles. The minimum absolute atomic E-state index is 0.118. The Kier molecular flexibility index (Phi) is 1.96. The number of rotatable bonds is 0. The smallest absolute Gasteiger partial charge is 0.122 e. The number of phenols is 2. The van der Waals surface area contributed by atoms with E-state index in [4.69, 9.17) is 5.73 Å². The normalized spacial score (nSPS) is 32.2. The first kappa shape index (κ1) is 9.97. The highest BCUT2D eigenvalue weighted by molar-refractivity contribution is 5.52. The summed E-state index contributed by atoms with van der Waals surface area (Å²) < 4.78 is 0. The average molecular weight is 219 g/mol. The van der Waals surface area contributed by atoms with Gasteiger partial charge >= 0.3 is 0 Å². The standard InChI is InChI=1S/C13H17NO2/c14-13-4-2-1-3-8(13)5-10-11(13)6-9(15)7-12(10)16/h6-8,15-16H,1-5,14H2/t8-,13+/m0/s1. The Morgan fingerprint density at radius 3 is 2.88 bits per heavy atom. The fourth-order valence-corrected chi connectivity index (χ4v) is 3.43. The molecule has 3 rings (SSSR count). The van der Waals surface area contributed by atoms with Crippen molar-refractivity contribution in [2.24, 2.45) is 11.7 Å². The first-order valence-electron chi connectivity index (χ1n) is 5.95. The minimum Gasteiger partial charge on any atom is -0.508 e. The molecule has 4 N–H and O–H groups in total. The molecule has 86 valence electrons. The highest BCUT2D eigenvalue weighted by atomic mass is 16.3. The van der Waals surface area contributed by atoms with Crippen molar-refractivity contribution in [1.29, 1.82) is 0 Å². The van der Waals surface area contributed by atoms with Gasteiger partial charge in [0, 0.05) is 11.6 Å². The molecule has 0 aliphatic heterocycles. The summed E-state index contributed by atoms with van der Waals surface area (Å²) in [5, 5.41) is 19.4. The Bertz CT molecular complexity index is 444. The summed E-state index contributed by atoms with van der Waals surface area (Å²) in [5.41, 5.74) is 8.09. The highest BCUT2D eigenvalue weighted by Crippen LogP contribution is 2.51. The predicted molar refractivity (Wildman–Crippen MR) is 61.3 cm³/mol. The maximum atomic E-state index is 9.86. The third-order valence-electron chi connectivity index (χ3n) is 4.28. The third-order valence-corrected chi connectivity index (χ3v) is 4.28. The van der Waals surface area contributed by atoms with Crippen LogP contribution in [0, 0.1) is 5.92 Å². The molecule has 1 aromatic rings. The molecule has 16 heavy (non-hydrogen) atoms. The maximum absolute atomic E-state index is 9.86. The second-order valence-corrected chi connectivity index (χ2v) is 5.18. The molecule has 0 aromatic heterocycles. The van der Waals surface area contributed by atoms with E-state index in [-0.39, 0.29) is 17.0 Å². The van der Waals surface area contributed by atoms with Crippen molar-refractivity contribution in [2.45, 2.75) is 37.6 Å². The fourth-order valence-electron chi connectivity index (χ4n) is 3.43. The first-order valence-corrected chi connectivity index (χ1v) is 5.95. The zero-order valence-electron chi connectivity index (χ0n) is 9.24. The number of hydrogen-bond donors (Lipinski definition) is 3. The van der Waals surface area contributed by atoms with Crippen LogP contribution in [0.2, 0.25) is 0 Å². The highest BCUT2D eigenvalue weighted by Gasteiger charge is 2.46. The number of hydrogen-bond acceptors (Lipinski definition) is 3. The molecule has 3 heteroatoms. The lowest BCUT2D eigenvalue weighted by Gasteiger charge is -2.36. The van der Waals surface area contributed by atoms with Gasteiger partial charge in [0.15, 0.2) is 0 Å². The monoisotopic (exact) mass is 219 g/mol. The van der Waals surface area contributed by atoms with Gasteiger partial charge in [0.2, 0.25) is 0 Å². The van der Waals surface area contributed by atoms with Crippen molar-refractivity contribution >= 4 is 0 Å². The van der Waals surface area contributed by atoms with Gasteiger partial charge in [0.1, 0.15) is 11.5 Å². The third kappa shape index (κ3) is 1.18. The van der Waals surface area contributed by atoms with Crippen molar-refractivity contribution in [1.82, 2.24) is 0 Å².